The summed E-state index contributed by atoms with van der Waals surface area (Å²) in [5, 5.41) is 0. The Balaban J connectivity index is 2.27. The van der Waals surface area contributed by atoms with Crippen LogP contribution in [0.3, 0.4) is 0 Å². The number of sulfonamides is 1. The van der Waals surface area contributed by atoms with Gasteiger partial charge in [-0.25, -0.2) is 8.42 Å². The lowest BCUT2D eigenvalue weighted by atomic mass is 10.2. The summed E-state index contributed by atoms with van der Waals surface area (Å²) < 4.78 is 33.1. The van der Waals surface area contributed by atoms with E-state index < -0.39 is 10.0 Å². The van der Waals surface area contributed by atoms with E-state index in [4.69, 9.17) is 4.74 Å². The predicted molar refractivity (Wildman–Crippen MR) is 102 cm³/mol. The van der Waals surface area contributed by atoms with Crippen molar-refractivity contribution in [1.82, 2.24) is 4.31 Å². The molecule has 0 fully saturated rings. The number of hydrogen-bond donors (Lipinski definition) is 0. The summed E-state index contributed by atoms with van der Waals surface area (Å²) in [6.07, 6.45) is 1.98. The van der Waals surface area contributed by atoms with Crippen LogP contribution < -0.4 is 4.74 Å². The van der Waals surface area contributed by atoms with Gasteiger partial charge in [0.25, 0.3) is 0 Å². The Morgan fingerprint density at radius 3 is 2.50 bits per heavy atom. The molecule has 4 nitrogen and oxygen atoms in total. The van der Waals surface area contributed by atoms with Crippen LogP contribution in [0.1, 0.15) is 11.1 Å². The summed E-state index contributed by atoms with van der Waals surface area (Å²) in [5.74, 6) is 0.755. The standard InChI is InChI=1S/C17H20BrNO3S2/c1-12-9-14(6-7-15(12)18)24(20,21)19(2)11-13-5-8-17(23-4)16(10-13)22-3/h5-10H,11H2,1-4H3. The van der Waals surface area contributed by atoms with Gasteiger partial charge in [0.2, 0.25) is 10.0 Å². The number of halogens is 1. The topological polar surface area (TPSA) is 46.6 Å². The van der Waals surface area contributed by atoms with Gasteiger partial charge in [-0.2, -0.15) is 4.31 Å². The molecule has 0 amide bonds. The van der Waals surface area contributed by atoms with Gasteiger partial charge in [0.1, 0.15) is 5.75 Å². The molecular weight excluding hydrogens is 410 g/mol. The van der Waals surface area contributed by atoms with Gasteiger partial charge in [-0.05, 0) is 54.6 Å². The van der Waals surface area contributed by atoms with Gasteiger partial charge in [-0.3, -0.25) is 0 Å². The van der Waals surface area contributed by atoms with Crippen molar-refractivity contribution < 1.29 is 13.2 Å². The molecule has 0 heterocycles. The lowest BCUT2D eigenvalue weighted by Crippen LogP contribution is -2.26. The fourth-order valence-electron chi connectivity index (χ4n) is 2.28. The molecule has 0 aliphatic heterocycles. The number of methoxy groups -OCH3 is 1. The number of rotatable bonds is 6. The molecule has 0 aromatic heterocycles. The van der Waals surface area contributed by atoms with Gasteiger partial charge in [0.05, 0.1) is 12.0 Å². The van der Waals surface area contributed by atoms with Crippen LogP contribution in [0.15, 0.2) is 50.7 Å². The third-order valence-corrected chi connectivity index (χ3v) is 7.16. The first-order chi connectivity index (χ1) is 11.3. The molecular formula is C17H20BrNO3S2. The van der Waals surface area contributed by atoms with E-state index in [2.05, 4.69) is 15.9 Å². The second kappa shape index (κ2) is 7.91. The van der Waals surface area contributed by atoms with E-state index >= 15 is 0 Å². The van der Waals surface area contributed by atoms with E-state index in [9.17, 15) is 8.42 Å². The van der Waals surface area contributed by atoms with Crippen molar-refractivity contribution in [3.05, 3.63) is 52.0 Å². The van der Waals surface area contributed by atoms with E-state index in [0.717, 1.165) is 26.2 Å². The molecule has 0 aliphatic carbocycles. The molecule has 0 aliphatic rings. The molecule has 0 bridgehead atoms. The van der Waals surface area contributed by atoms with Crippen molar-refractivity contribution in [3.63, 3.8) is 0 Å². The van der Waals surface area contributed by atoms with Crippen LogP contribution in [0.2, 0.25) is 0 Å². The van der Waals surface area contributed by atoms with Crippen LogP contribution in [0.25, 0.3) is 0 Å². The highest BCUT2D eigenvalue weighted by Crippen LogP contribution is 2.29. The largest absolute Gasteiger partial charge is 0.496 e. The zero-order valence-electron chi connectivity index (χ0n) is 14.0. The summed E-state index contributed by atoms with van der Waals surface area (Å²) >= 11 is 4.98. The summed E-state index contributed by atoms with van der Waals surface area (Å²) in [6.45, 7) is 2.15. The van der Waals surface area contributed by atoms with Gasteiger partial charge in [0, 0.05) is 23.0 Å². The molecule has 2 aromatic carbocycles. The monoisotopic (exact) mass is 429 g/mol. The molecule has 0 saturated carbocycles. The van der Waals surface area contributed by atoms with E-state index in [1.165, 1.54) is 4.31 Å². The van der Waals surface area contributed by atoms with Crippen LogP contribution >= 0.6 is 27.7 Å². The molecule has 0 spiro atoms. The van der Waals surface area contributed by atoms with Gasteiger partial charge >= 0.3 is 0 Å². The minimum atomic E-state index is -3.55. The predicted octanol–water partition coefficient (Wildman–Crippen LogP) is 4.31. The summed E-state index contributed by atoms with van der Waals surface area (Å²) in [7, 11) is -0.345. The van der Waals surface area contributed by atoms with Crippen molar-refractivity contribution in [3.8, 4) is 5.75 Å². The minimum Gasteiger partial charge on any atom is -0.496 e. The number of thioether (sulfide) groups is 1. The molecule has 0 unspecified atom stereocenters. The van der Waals surface area contributed by atoms with Crippen LogP contribution in [0.4, 0.5) is 0 Å². The fraction of sp³-hybridized carbons (Fsp3) is 0.294. The average molecular weight is 430 g/mol. The Morgan fingerprint density at radius 2 is 1.92 bits per heavy atom. The first kappa shape index (κ1) is 19.3. The maximum Gasteiger partial charge on any atom is 0.243 e. The lowest BCUT2D eigenvalue weighted by molar-refractivity contribution is 0.402. The zero-order chi connectivity index (χ0) is 17.9. The SMILES string of the molecule is COc1cc(CN(C)S(=O)(=O)c2ccc(Br)c(C)c2)ccc1SC. The second-order valence-corrected chi connectivity index (χ2v) is 9.11. The highest BCUT2D eigenvalue weighted by atomic mass is 79.9. The highest BCUT2D eigenvalue weighted by Gasteiger charge is 2.21. The van der Waals surface area contributed by atoms with E-state index in [-0.39, 0.29) is 6.54 Å². The van der Waals surface area contributed by atoms with E-state index in [0.29, 0.717) is 4.90 Å². The molecule has 130 valence electrons. The molecule has 2 rings (SSSR count). The molecule has 2 aromatic rings. The van der Waals surface area contributed by atoms with Crippen molar-refractivity contribution in [2.24, 2.45) is 0 Å². The number of aryl methyl sites for hydroxylation is 1. The second-order valence-electron chi connectivity index (χ2n) is 5.36. The molecule has 0 N–H and O–H groups in total. The number of nitrogens with zero attached hydrogens (tertiary/aromatic N) is 1. The van der Waals surface area contributed by atoms with Crippen molar-refractivity contribution >= 4 is 37.7 Å². The minimum absolute atomic E-state index is 0.280. The number of benzene rings is 2. The first-order valence-electron chi connectivity index (χ1n) is 7.23. The molecule has 0 saturated heterocycles. The normalized spacial score (nSPS) is 11.8. The Kier molecular flexibility index (Phi) is 6.36. The first-order valence-corrected chi connectivity index (χ1v) is 10.7. The quantitative estimate of drug-likeness (QED) is 0.641. The van der Waals surface area contributed by atoms with Crippen LogP contribution in [0.5, 0.6) is 5.75 Å². The Bertz CT molecular complexity index is 838. The molecule has 7 heteroatoms. The average Bonchev–Trinajstić information content (AvgIpc) is 2.56. The van der Waals surface area contributed by atoms with Crippen molar-refractivity contribution in [2.75, 3.05) is 20.4 Å². The number of ether oxygens (including phenoxy) is 1. The Hall–Kier alpha value is -1.02. The fourth-order valence-corrected chi connectivity index (χ4v) is 4.32. The lowest BCUT2D eigenvalue weighted by Gasteiger charge is -2.18. The van der Waals surface area contributed by atoms with E-state index in [1.54, 1.807) is 44.1 Å². The number of hydrogen-bond acceptors (Lipinski definition) is 4. The van der Waals surface area contributed by atoms with Crippen LogP contribution in [0, 0.1) is 6.92 Å². The van der Waals surface area contributed by atoms with Gasteiger partial charge in [-0.15, -0.1) is 11.8 Å². The third-order valence-electron chi connectivity index (χ3n) is 3.69. The van der Waals surface area contributed by atoms with Gasteiger partial charge in [0.15, 0.2) is 0 Å². The molecule has 24 heavy (non-hydrogen) atoms. The molecule has 0 atom stereocenters. The maximum absolute atomic E-state index is 12.8. The van der Waals surface area contributed by atoms with E-state index in [1.807, 2.05) is 31.4 Å². The smallest absolute Gasteiger partial charge is 0.243 e. The highest BCUT2D eigenvalue weighted by molar-refractivity contribution is 9.10. The van der Waals surface area contributed by atoms with Gasteiger partial charge < -0.3 is 4.74 Å². The van der Waals surface area contributed by atoms with Crippen LogP contribution in [-0.2, 0) is 16.6 Å². The summed E-state index contributed by atoms with van der Waals surface area (Å²) in [5.41, 5.74) is 1.76. The summed E-state index contributed by atoms with van der Waals surface area (Å²) in [4.78, 5) is 1.31. The maximum atomic E-state index is 12.8. The summed E-state index contributed by atoms with van der Waals surface area (Å²) in [6, 6.07) is 10.8. The molecule has 0 radical (unpaired) electrons. The van der Waals surface area contributed by atoms with Crippen molar-refractivity contribution in [2.45, 2.75) is 23.3 Å². The zero-order valence-corrected chi connectivity index (χ0v) is 17.3. The Morgan fingerprint density at radius 1 is 1.21 bits per heavy atom. The third kappa shape index (κ3) is 4.14. The Labute approximate surface area is 156 Å². The van der Waals surface area contributed by atoms with Crippen molar-refractivity contribution in [1.29, 1.82) is 0 Å². The van der Waals surface area contributed by atoms with Crippen LogP contribution in [-0.4, -0.2) is 33.1 Å². The van der Waals surface area contributed by atoms with Gasteiger partial charge in [-0.1, -0.05) is 22.0 Å².